The van der Waals surface area contributed by atoms with Crippen molar-refractivity contribution in [1.82, 2.24) is 9.97 Å². The highest BCUT2D eigenvalue weighted by Crippen LogP contribution is 2.55. The molecule has 268 valence electrons. The average molecular weight is 727 g/mol. The normalized spacial score (nSPS) is 12.9. The highest BCUT2D eigenvalue weighted by Gasteiger charge is 2.38. The summed E-state index contributed by atoms with van der Waals surface area (Å²) in [6.45, 7) is 4.77. The Balaban J connectivity index is 1.12. The van der Waals surface area contributed by atoms with Gasteiger partial charge in [0.2, 0.25) is 0 Å². The van der Waals surface area contributed by atoms with Crippen LogP contribution < -0.4 is 0 Å². The number of aromatic nitrogens is 2. The Morgan fingerprint density at radius 1 is 0.351 bits per heavy atom. The van der Waals surface area contributed by atoms with E-state index in [4.69, 9.17) is 9.97 Å². The second-order valence-corrected chi connectivity index (χ2v) is 15.7. The third-order valence-corrected chi connectivity index (χ3v) is 12.1. The van der Waals surface area contributed by atoms with Crippen molar-refractivity contribution in [3.05, 3.63) is 205 Å². The first kappa shape index (κ1) is 33.2. The van der Waals surface area contributed by atoms with Gasteiger partial charge in [-0.1, -0.05) is 196 Å². The van der Waals surface area contributed by atoms with E-state index in [1.54, 1.807) is 0 Å². The Kier molecular flexibility index (Phi) is 7.55. The molecule has 1 aliphatic rings. The third-order valence-electron chi connectivity index (χ3n) is 12.1. The summed E-state index contributed by atoms with van der Waals surface area (Å²) in [5.74, 6) is 0.713. The number of fused-ring (bicyclic) bond motifs is 7. The molecular formula is C55H38N2. The van der Waals surface area contributed by atoms with Crippen LogP contribution in [0.1, 0.15) is 25.0 Å². The van der Waals surface area contributed by atoms with E-state index in [9.17, 15) is 0 Å². The molecule has 2 heteroatoms. The predicted octanol–water partition coefficient (Wildman–Crippen LogP) is 14.6. The van der Waals surface area contributed by atoms with Crippen LogP contribution in [0.25, 0.3) is 99.6 Å². The van der Waals surface area contributed by atoms with Crippen molar-refractivity contribution >= 4 is 32.3 Å². The molecule has 0 unspecified atom stereocenters. The van der Waals surface area contributed by atoms with E-state index in [-0.39, 0.29) is 5.41 Å². The number of hydrogen-bond donors (Lipinski definition) is 0. The standard InChI is InChI=1S/C55H38N2/c1-55(2)49-32-29-37-18-7-9-23-41(37)52(49)48-28-14-26-46(53(48)55)44-30-31-45(43-25-11-10-24-42(43)44)51-34-50(39-21-12-20-38(33-39)35-15-4-3-5-16-35)56-54(57-51)47-27-13-19-36-17-6-8-22-40(36)47/h3-34H,1-2H3. The van der Waals surface area contributed by atoms with Crippen LogP contribution in [0.3, 0.4) is 0 Å². The summed E-state index contributed by atoms with van der Waals surface area (Å²) < 4.78 is 0. The highest BCUT2D eigenvalue weighted by atomic mass is 14.9. The van der Waals surface area contributed by atoms with Gasteiger partial charge in [0, 0.05) is 22.1 Å². The van der Waals surface area contributed by atoms with Gasteiger partial charge in [0.15, 0.2) is 5.82 Å². The van der Waals surface area contributed by atoms with Gasteiger partial charge in [-0.25, -0.2) is 9.97 Å². The lowest BCUT2D eigenvalue weighted by molar-refractivity contribution is 0.662. The average Bonchev–Trinajstić information content (AvgIpc) is 3.52. The largest absolute Gasteiger partial charge is 0.228 e. The Hall–Kier alpha value is -7.16. The monoisotopic (exact) mass is 726 g/mol. The van der Waals surface area contributed by atoms with Crippen molar-refractivity contribution in [3.63, 3.8) is 0 Å². The van der Waals surface area contributed by atoms with Crippen LogP contribution in [0, 0.1) is 0 Å². The Bertz CT molecular complexity index is 3210. The van der Waals surface area contributed by atoms with Gasteiger partial charge in [0.1, 0.15) is 0 Å². The van der Waals surface area contributed by atoms with Gasteiger partial charge < -0.3 is 0 Å². The molecule has 9 aromatic carbocycles. The van der Waals surface area contributed by atoms with Crippen molar-refractivity contribution in [1.29, 1.82) is 0 Å². The fourth-order valence-corrected chi connectivity index (χ4v) is 9.40. The maximum atomic E-state index is 5.41. The first-order chi connectivity index (χ1) is 28.0. The topological polar surface area (TPSA) is 25.8 Å². The summed E-state index contributed by atoms with van der Waals surface area (Å²) in [6.07, 6.45) is 0. The van der Waals surface area contributed by atoms with Crippen molar-refractivity contribution in [3.8, 4) is 67.3 Å². The Morgan fingerprint density at radius 3 is 1.74 bits per heavy atom. The number of hydrogen-bond acceptors (Lipinski definition) is 2. The van der Waals surface area contributed by atoms with Crippen molar-refractivity contribution in [2.45, 2.75) is 19.3 Å². The molecule has 0 saturated carbocycles. The highest BCUT2D eigenvalue weighted by molar-refractivity contribution is 6.09. The van der Waals surface area contributed by atoms with Crippen molar-refractivity contribution in [2.75, 3.05) is 0 Å². The van der Waals surface area contributed by atoms with Gasteiger partial charge in [-0.15, -0.1) is 0 Å². The molecule has 57 heavy (non-hydrogen) atoms. The minimum Gasteiger partial charge on any atom is -0.228 e. The lowest BCUT2D eigenvalue weighted by Gasteiger charge is -2.25. The van der Waals surface area contributed by atoms with Crippen molar-refractivity contribution in [2.24, 2.45) is 0 Å². The van der Waals surface area contributed by atoms with E-state index in [1.807, 2.05) is 0 Å². The molecule has 1 heterocycles. The minimum absolute atomic E-state index is 0.172. The molecule has 0 bridgehead atoms. The second-order valence-electron chi connectivity index (χ2n) is 15.7. The molecule has 0 spiro atoms. The van der Waals surface area contributed by atoms with Gasteiger partial charge >= 0.3 is 0 Å². The van der Waals surface area contributed by atoms with E-state index in [0.29, 0.717) is 5.82 Å². The van der Waals surface area contributed by atoms with Crippen LogP contribution in [-0.2, 0) is 5.41 Å². The maximum absolute atomic E-state index is 5.41. The summed E-state index contributed by atoms with van der Waals surface area (Å²) >= 11 is 0. The Labute approximate surface area is 332 Å². The van der Waals surface area contributed by atoms with Crippen LogP contribution >= 0.6 is 0 Å². The molecule has 0 N–H and O–H groups in total. The first-order valence-electron chi connectivity index (χ1n) is 19.7. The van der Waals surface area contributed by atoms with E-state index < -0.39 is 0 Å². The Morgan fingerprint density at radius 2 is 0.912 bits per heavy atom. The lowest BCUT2D eigenvalue weighted by Crippen LogP contribution is -2.16. The number of nitrogens with zero attached hydrogens (tertiary/aromatic N) is 2. The zero-order valence-electron chi connectivity index (χ0n) is 31.9. The molecule has 1 aliphatic carbocycles. The summed E-state index contributed by atoms with van der Waals surface area (Å²) in [6, 6.07) is 70.0. The summed E-state index contributed by atoms with van der Waals surface area (Å²) in [5.41, 5.74) is 15.1. The van der Waals surface area contributed by atoms with Gasteiger partial charge in [-0.3, -0.25) is 0 Å². The minimum atomic E-state index is -0.172. The number of rotatable bonds is 5. The quantitative estimate of drug-likeness (QED) is 0.176. The van der Waals surface area contributed by atoms with Crippen LogP contribution in [-0.4, -0.2) is 9.97 Å². The molecule has 2 nitrogen and oxygen atoms in total. The molecular weight excluding hydrogens is 689 g/mol. The second kappa shape index (κ2) is 13.0. The van der Waals surface area contributed by atoms with Crippen LogP contribution in [0.4, 0.5) is 0 Å². The molecule has 0 fully saturated rings. The van der Waals surface area contributed by atoms with E-state index in [2.05, 4.69) is 208 Å². The van der Waals surface area contributed by atoms with E-state index in [0.717, 1.165) is 44.4 Å². The van der Waals surface area contributed by atoms with E-state index >= 15 is 0 Å². The fraction of sp³-hybridized carbons (Fsp3) is 0.0545. The van der Waals surface area contributed by atoms with Crippen LogP contribution in [0.5, 0.6) is 0 Å². The maximum Gasteiger partial charge on any atom is 0.161 e. The van der Waals surface area contributed by atoms with E-state index in [1.165, 1.54) is 60.5 Å². The van der Waals surface area contributed by atoms with Gasteiger partial charge in [-0.2, -0.15) is 0 Å². The van der Waals surface area contributed by atoms with Crippen molar-refractivity contribution < 1.29 is 0 Å². The lowest BCUT2D eigenvalue weighted by atomic mass is 9.78. The summed E-state index contributed by atoms with van der Waals surface area (Å²) in [5, 5.41) is 7.26. The first-order valence-corrected chi connectivity index (χ1v) is 19.7. The van der Waals surface area contributed by atoms with Crippen LogP contribution in [0.15, 0.2) is 194 Å². The SMILES string of the molecule is CC1(C)c2ccc3ccccc3c2-c2cccc(-c3ccc(-c4cc(-c5cccc(-c6ccccc6)c5)nc(-c5cccc6ccccc56)n4)c4ccccc34)c21. The van der Waals surface area contributed by atoms with Gasteiger partial charge in [-0.05, 0) is 89.0 Å². The summed E-state index contributed by atoms with van der Waals surface area (Å²) in [4.78, 5) is 10.7. The molecule has 0 saturated heterocycles. The molecule has 0 radical (unpaired) electrons. The molecule has 0 amide bonds. The van der Waals surface area contributed by atoms with Gasteiger partial charge in [0.05, 0.1) is 11.4 Å². The summed E-state index contributed by atoms with van der Waals surface area (Å²) in [7, 11) is 0. The third kappa shape index (κ3) is 5.33. The fourth-order valence-electron chi connectivity index (χ4n) is 9.40. The predicted molar refractivity (Wildman–Crippen MR) is 239 cm³/mol. The zero-order valence-corrected chi connectivity index (χ0v) is 31.9. The number of benzene rings is 9. The molecule has 1 aromatic heterocycles. The smallest absolute Gasteiger partial charge is 0.161 e. The van der Waals surface area contributed by atoms with Gasteiger partial charge in [0.25, 0.3) is 0 Å². The molecule has 10 aromatic rings. The molecule has 0 atom stereocenters. The molecule has 0 aliphatic heterocycles. The van der Waals surface area contributed by atoms with Crippen LogP contribution in [0.2, 0.25) is 0 Å². The zero-order chi connectivity index (χ0) is 38.1. The molecule has 11 rings (SSSR count).